The Morgan fingerprint density at radius 2 is 1.91 bits per heavy atom. The van der Waals surface area contributed by atoms with Crippen LogP contribution in [0.25, 0.3) is 6.08 Å². The lowest BCUT2D eigenvalue weighted by atomic mass is 9.74. The fraction of sp³-hybridized carbons (Fsp3) is 0.650. The van der Waals surface area contributed by atoms with E-state index in [2.05, 4.69) is 88.0 Å². The third-order valence-electron chi connectivity index (χ3n) is 11.3. The molecule has 2 spiro atoms. The van der Waals surface area contributed by atoms with Gasteiger partial charge in [0.1, 0.15) is 11.6 Å². The number of thiol groups is 1. The number of nitrogens with zero attached hydrogens (tertiary/aromatic N) is 1. The van der Waals surface area contributed by atoms with Crippen molar-refractivity contribution in [2.75, 3.05) is 23.7 Å². The molecule has 0 aromatic carbocycles. The highest BCUT2D eigenvalue weighted by Gasteiger charge is 2.85. The molecule has 3 fully saturated rings. The minimum atomic E-state index is 0.286. The number of hydrogen-bond donors (Lipinski definition) is 5. The summed E-state index contributed by atoms with van der Waals surface area (Å²) >= 11 is 4.61. The molecule has 0 radical (unpaired) electrons. The van der Waals surface area contributed by atoms with Crippen molar-refractivity contribution >= 4 is 36.1 Å². The fourth-order valence-electron chi connectivity index (χ4n) is 8.21. The van der Waals surface area contributed by atoms with Crippen LogP contribution in [0.5, 0.6) is 0 Å². The fourth-order valence-corrected chi connectivity index (χ4v) is 8.40. The lowest BCUT2D eigenvalue weighted by molar-refractivity contribution is 0.201. The summed E-state index contributed by atoms with van der Waals surface area (Å²) in [7, 11) is 0. The zero-order valence-corrected chi connectivity index (χ0v) is 30.5. The maximum atomic E-state index is 8.44. The number of anilines is 2. The Bertz CT molecular complexity index is 1230. The third kappa shape index (κ3) is 9.78. The van der Waals surface area contributed by atoms with Crippen molar-refractivity contribution in [2.24, 2.45) is 34.0 Å². The largest absolute Gasteiger partial charge is 0.380 e. The zero-order valence-electron chi connectivity index (χ0n) is 29.6. The van der Waals surface area contributed by atoms with E-state index in [-0.39, 0.29) is 5.41 Å². The molecule has 3 aliphatic carbocycles. The number of allylic oxidation sites excluding steroid dienone is 4. The van der Waals surface area contributed by atoms with Gasteiger partial charge in [-0.3, -0.25) is 0 Å². The van der Waals surface area contributed by atoms with Gasteiger partial charge in [0.15, 0.2) is 0 Å². The highest BCUT2D eigenvalue weighted by molar-refractivity contribution is 7.84. The normalized spacial score (nSPS) is 19.5. The molecule has 3 aliphatic rings. The summed E-state index contributed by atoms with van der Waals surface area (Å²) in [6.45, 7) is 17.5. The molecular weight excluding hydrogens is 583 g/mol. The minimum Gasteiger partial charge on any atom is -0.380 e. The minimum absolute atomic E-state index is 0.286. The summed E-state index contributed by atoms with van der Waals surface area (Å²) in [4.78, 5) is 4.93. The summed E-state index contributed by atoms with van der Waals surface area (Å²) in [5, 5.41) is 19.9. The second kappa shape index (κ2) is 16.6. The maximum absolute atomic E-state index is 8.44. The second-order valence-electron chi connectivity index (χ2n) is 15.3. The van der Waals surface area contributed by atoms with Crippen LogP contribution in [-0.2, 0) is 0 Å². The molecule has 0 amide bonds. The van der Waals surface area contributed by atoms with Gasteiger partial charge in [-0.1, -0.05) is 72.3 Å². The van der Waals surface area contributed by atoms with Crippen LogP contribution in [-0.4, -0.2) is 23.8 Å². The van der Waals surface area contributed by atoms with Crippen molar-refractivity contribution < 1.29 is 0 Å². The van der Waals surface area contributed by atoms with E-state index in [9.17, 15) is 0 Å². The monoisotopic (exact) mass is 645 g/mol. The highest BCUT2D eigenvalue weighted by atomic mass is 32.1. The Morgan fingerprint density at radius 1 is 1.17 bits per heavy atom. The van der Waals surface area contributed by atoms with Crippen LogP contribution in [0.1, 0.15) is 124 Å². The first-order valence-corrected chi connectivity index (χ1v) is 18.7. The van der Waals surface area contributed by atoms with Crippen molar-refractivity contribution in [3.63, 3.8) is 0 Å². The predicted molar refractivity (Wildman–Crippen MR) is 204 cm³/mol. The molecule has 0 bridgehead atoms. The maximum Gasteiger partial charge on any atom is 0.135 e. The number of unbranched alkanes of at least 4 members (excludes halogenated alkanes) is 1. The molecule has 1 aromatic rings. The first-order valence-electron chi connectivity index (χ1n) is 18.3. The molecule has 0 aliphatic heterocycles. The Hall–Kier alpha value is -2.47. The molecule has 4 rings (SSSR count). The van der Waals surface area contributed by atoms with Crippen LogP contribution in [0.2, 0.25) is 0 Å². The quantitative estimate of drug-likeness (QED) is 0.0466. The van der Waals surface area contributed by atoms with E-state index >= 15 is 0 Å². The Morgan fingerprint density at radius 3 is 2.57 bits per heavy atom. The van der Waals surface area contributed by atoms with Crippen molar-refractivity contribution in [1.29, 1.82) is 5.41 Å². The second-order valence-corrected chi connectivity index (χ2v) is 15.8. The lowest BCUT2D eigenvalue weighted by Gasteiger charge is -2.34. The average molecular weight is 646 g/mol. The van der Waals surface area contributed by atoms with E-state index < -0.39 is 0 Å². The van der Waals surface area contributed by atoms with E-state index in [0.29, 0.717) is 17.5 Å². The lowest BCUT2D eigenvalue weighted by Crippen LogP contribution is -2.29. The van der Waals surface area contributed by atoms with Gasteiger partial charge in [0, 0.05) is 30.6 Å². The summed E-state index contributed by atoms with van der Waals surface area (Å²) in [5.41, 5.74) is 3.55. The molecule has 2 atom stereocenters. The third-order valence-corrected chi connectivity index (χ3v) is 11.6. The van der Waals surface area contributed by atoms with Crippen LogP contribution in [0.15, 0.2) is 54.2 Å². The molecule has 3 saturated carbocycles. The van der Waals surface area contributed by atoms with E-state index in [1.165, 1.54) is 57.8 Å². The summed E-state index contributed by atoms with van der Waals surface area (Å²) in [5.74, 6) is 3.65. The Balaban J connectivity index is 1.29. The van der Waals surface area contributed by atoms with Gasteiger partial charge in [0.25, 0.3) is 0 Å². The molecule has 4 N–H and O–H groups in total. The smallest absolute Gasteiger partial charge is 0.135 e. The summed E-state index contributed by atoms with van der Waals surface area (Å²) in [6.07, 6.45) is 28.2. The van der Waals surface area contributed by atoms with Gasteiger partial charge in [-0.2, -0.15) is 0 Å². The van der Waals surface area contributed by atoms with Gasteiger partial charge >= 0.3 is 0 Å². The number of fused-ring (bicyclic) bond motifs is 1. The van der Waals surface area contributed by atoms with Crippen molar-refractivity contribution in [2.45, 2.75) is 118 Å². The van der Waals surface area contributed by atoms with Gasteiger partial charge in [-0.25, -0.2) is 4.98 Å². The number of hydrogen-bond acceptors (Lipinski definition) is 6. The SMILES string of the molecule is C=Cc1ccc(N/C=C\C(=N)CCCC2C3(CC3)C23CC3)nc1NCC(CC(C)(C)CCCC)C(C)CCN/C(S)=C/C=C\CC. The number of aromatic nitrogens is 1. The van der Waals surface area contributed by atoms with E-state index in [1.807, 2.05) is 30.5 Å². The van der Waals surface area contributed by atoms with Gasteiger partial charge in [0.2, 0.25) is 0 Å². The molecule has 0 saturated heterocycles. The molecule has 5 nitrogen and oxygen atoms in total. The van der Waals surface area contributed by atoms with Gasteiger partial charge in [-0.15, -0.1) is 12.6 Å². The van der Waals surface area contributed by atoms with Crippen molar-refractivity contribution in [3.8, 4) is 0 Å². The van der Waals surface area contributed by atoms with Crippen molar-refractivity contribution in [3.05, 3.63) is 59.8 Å². The highest BCUT2D eigenvalue weighted by Crippen LogP contribution is 2.93. The van der Waals surface area contributed by atoms with E-state index in [0.717, 1.165) is 77.7 Å². The van der Waals surface area contributed by atoms with E-state index in [4.69, 9.17) is 10.4 Å². The van der Waals surface area contributed by atoms with Gasteiger partial charge in [-0.05, 0) is 129 Å². The van der Waals surface area contributed by atoms with Crippen LogP contribution in [0, 0.1) is 39.4 Å². The topological polar surface area (TPSA) is 72.8 Å². The average Bonchev–Trinajstić information content (AvgIpc) is 3.97. The van der Waals surface area contributed by atoms with Crippen LogP contribution in [0.4, 0.5) is 11.6 Å². The Kier molecular flexibility index (Phi) is 13.1. The number of nitrogens with one attached hydrogen (secondary N) is 4. The molecule has 2 unspecified atom stereocenters. The van der Waals surface area contributed by atoms with Gasteiger partial charge in [0.05, 0.1) is 5.03 Å². The molecule has 1 aromatic heterocycles. The molecule has 254 valence electrons. The van der Waals surface area contributed by atoms with E-state index in [1.54, 1.807) is 0 Å². The predicted octanol–water partition coefficient (Wildman–Crippen LogP) is 11.0. The molecule has 1 heterocycles. The van der Waals surface area contributed by atoms with Crippen molar-refractivity contribution in [1.82, 2.24) is 10.3 Å². The standard InChI is InChI=1S/C40H63N5S/c1-7-10-12-16-36(46)43-26-19-30(4)32(28-38(5,6)21-11-8-2)29-44-37-31(9-3)17-18-35(45-37)42-27-20-33(41)14-13-15-34-39(22-23-39)40(34)24-25-40/h9-10,12,16-18,20,27,30,32,34,41,43,46H,3,7-8,11,13-15,19,21-26,28-29H2,1-2,4-6H3,(H2,42,44,45)/b12-10-,27-20-,36-16-,41-33?. The number of pyridine rings is 1. The van der Waals surface area contributed by atoms with Gasteiger partial charge < -0.3 is 21.4 Å². The first kappa shape index (κ1) is 36.4. The van der Waals surface area contributed by atoms with Crippen LogP contribution < -0.4 is 16.0 Å². The molecule has 6 heteroatoms. The summed E-state index contributed by atoms with van der Waals surface area (Å²) in [6, 6.07) is 4.06. The molecular formula is C40H63N5S. The zero-order chi connectivity index (χ0) is 33.2. The summed E-state index contributed by atoms with van der Waals surface area (Å²) < 4.78 is 0. The Labute approximate surface area is 286 Å². The first-order chi connectivity index (χ1) is 22.1. The van der Waals surface area contributed by atoms with Crippen LogP contribution >= 0.6 is 12.6 Å². The van der Waals surface area contributed by atoms with Crippen LogP contribution in [0.3, 0.4) is 0 Å². The molecule has 46 heavy (non-hydrogen) atoms. The number of rotatable bonds is 23.